The first-order chi connectivity index (χ1) is 9.90. The van der Waals surface area contributed by atoms with E-state index < -0.39 is 5.97 Å². The number of benzene rings is 1. The fourth-order valence-electron chi connectivity index (χ4n) is 2.04. The minimum absolute atomic E-state index is 0.119. The van der Waals surface area contributed by atoms with Crippen molar-refractivity contribution >= 4 is 17.7 Å². The van der Waals surface area contributed by atoms with Crippen LogP contribution < -0.4 is 4.90 Å². The molecule has 1 aromatic carbocycles. The van der Waals surface area contributed by atoms with Gasteiger partial charge >= 0.3 is 12.0 Å². The molecule has 0 bridgehead atoms. The fraction of sp³-hybridized carbons (Fsp3) is 0.500. The van der Waals surface area contributed by atoms with Crippen molar-refractivity contribution in [1.29, 1.82) is 0 Å². The molecule has 5 nitrogen and oxygen atoms in total. The zero-order valence-corrected chi connectivity index (χ0v) is 13.2. The lowest BCUT2D eigenvalue weighted by molar-refractivity contribution is -0.138. The number of rotatable bonds is 6. The van der Waals surface area contributed by atoms with Gasteiger partial charge in [0.25, 0.3) is 0 Å². The zero-order valence-electron chi connectivity index (χ0n) is 13.2. The van der Waals surface area contributed by atoms with Gasteiger partial charge in [-0.2, -0.15) is 0 Å². The summed E-state index contributed by atoms with van der Waals surface area (Å²) in [6.45, 7) is 5.57. The van der Waals surface area contributed by atoms with Gasteiger partial charge in [-0.25, -0.2) is 4.79 Å². The molecule has 0 heterocycles. The number of aryl methyl sites for hydroxylation is 1. The average molecular weight is 292 g/mol. The number of hydrogen-bond acceptors (Lipinski definition) is 2. The van der Waals surface area contributed by atoms with Crippen LogP contribution in [0.5, 0.6) is 0 Å². The maximum absolute atomic E-state index is 12.5. The molecular weight excluding hydrogens is 268 g/mol. The minimum Gasteiger partial charge on any atom is -0.480 e. The number of carbonyl (C=O) groups excluding carboxylic acids is 1. The highest BCUT2D eigenvalue weighted by atomic mass is 16.4. The zero-order chi connectivity index (χ0) is 16.0. The van der Waals surface area contributed by atoms with E-state index in [4.69, 9.17) is 5.11 Å². The molecule has 0 saturated heterocycles. The molecule has 1 rings (SSSR count). The van der Waals surface area contributed by atoms with Gasteiger partial charge < -0.3 is 10.0 Å². The van der Waals surface area contributed by atoms with E-state index in [2.05, 4.69) is 6.92 Å². The Labute approximate surface area is 126 Å². The second-order valence-corrected chi connectivity index (χ2v) is 5.14. The lowest BCUT2D eigenvalue weighted by Gasteiger charge is -2.31. The molecule has 2 amide bonds. The normalized spacial score (nSPS) is 11.8. The summed E-state index contributed by atoms with van der Waals surface area (Å²) >= 11 is 0. The number of urea groups is 1. The molecule has 0 aliphatic carbocycles. The number of carboxylic acids is 1. The highest BCUT2D eigenvalue weighted by molar-refractivity contribution is 5.93. The van der Waals surface area contributed by atoms with Gasteiger partial charge in [-0.15, -0.1) is 0 Å². The molecule has 0 aliphatic rings. The van der Waals surface area contributed by atoms with E-state index >= 15 is 0 Å². The van der Waals surface area contributed by atoms with Crippen molar-refractivity contribution in [3.8, 4) is 0 Å². The van der Waals surface area contributed by atoms with E-state index in [9.17, 15) is 9.59 Å². The quantitative estimate of drug-likeness (QED) is 0.876. The maximum atomic E-state index is 12.5. The molecule has 0 aliphatic heterocycles. The average Bonchev–Trinajstić information content (AvgIpc) is 2.50. The number of aliphatic carboxylic acids is 1. The van der Waals surface area contributed by atoms with Crippen LogP contribution in [0.2, 0.25) is 0 Å². The summed E-state index contributed by atoms with van der Waals surface area (Å²) in [6, 6.07) is 7.30. The van der Waals surface area contributed by atoms with Crippen molar-refractivity contribution in [2.24, 2.45) is 0 Å². The van der Waals surface area contributed by atoms with Crippen LogP contribution >= 0.6 is 0 Å². The first-order valence-electron chi connectivity index (χ1n) is 7.25. The van der Waals surface area contributed by atoms with Crippen LogP contribution in [0.1, 0.15) is 32.8 Å². The largest absolute Gasteiger partial charge is 0.480 e. The van der Waals surface area contributed by atoms with E-state index in [1.165, 1.54) is 15.4 Å². The molecule has 116 valence electrons. The smallest absolute Gasteiger partial charge is 0.324 e. The van der Waals surface area contributed by atoms with Gasteiger partial charge in [0.2, 0.25) is 0 Å². The molecule has 1 atom stereocenters. The van der Waals surface area contributed by atoms with Crippen molar-refractivity contribution < 1.29 is 14.7 Å². The Balaban J connectivity index is 2.92. The molecule has 1 unspecified atom stereocenters. The van der Waals surface area contributed by atoms with E-state index in [0.717, 1.165) is 12.1 Å². The third-order valence-corrected chi connectivity index (χ3v) is 3.69. The van der Waals surface area contributed by atoms with Gasteiger partial charge in [-0.3, -0.25) is 9.69 Å². The molecule has 0 radical (unpaired) electrons. The Hall–Kier alpha value is -2.04. The van der Waals surface area contributed by atoms with Crippen molar-refractivity contribution in [3.05, 3.63) is 29.8 Å². The minimum atomic E-state index is -1.00. The van der Waals surface area contributed by atoms with Crippen molar-refractivity contribution in [3.63, 3.8) is 0 Å². The third kappa shape index (κ3) is 4.48. The molecule has 0 saturated carbocycles. The second-order valence-electron chi connectivity index (χ2n) is 5.14. The van der Waals surface area contributed by atoms with Crippen molar-refractivity contribution in [1.82, 2.24) is 4.90 Å². The van der Waals surface area contributed by atoms with Crippen LogP contribution in [0.4, 0.5) is 10.5 Å². The first-order valence-corrected chi connectivity index (χ1v) is 7.25. The Bertz CT molecular complexity index is 485. The number of hydrogen-bond donors (Lipinski definition) is 1. The summed E-state index contributed by atoms with van der Waals surface area (Å²) in [5, 5.41) is 8.99. The molecule has 21 heavy (non-hydrogen) atoms. The predicted octanol–water partition coefficient (Wildman–Crippen LogP) is 2.99. The second kappa shape index (κ2) is 7.67. The van der Waals surface area contributed by atoms with Crippen LogP contribution in [0.25, 0.3) is 0 Å². The highest BCUT2D eigenvalue weighted by Gasteiger charge is 2.25. The van der Waals surface area contributed by atoms with E-state index in [1.807, 2.05) is 38.1 Å². The summed E-state index contributed by atoms with van der Waals surface area (Å²) < 4.78 is 0. The molecule has 1 N–H and O–H groups in total. The summed E-state index contributed by atoms with van der Waals surface area (Å²) in [6.07, 6.45) is 1.65. The number of anilines is 1. The van der Waals surface area contributed by atoms with E-state index in [-0.39, 0.29) is 18.6 Å². The lowest BCUT2D eigenvalue weighted by atomic mass is 10.1. The van der Waals surface area contributed by atoms with Gasteiger partial charge in [0, 0.05) is 18.8 Å². The Morgan fingerprint density at radius 1 is 1.19 bits per heavy atom. The number of carbonyl (C=O) groups is 2. The van der Waals surface area contributed by atoms with Gasteiger partial charge in [-0.1, -0.05) is 26.0 Å². The summed E-state index contributed by atoms with van der Waals surface area (Å²) in [4.78, 5) is 26.4. The molecule has 1 aromatic rings. The Morgan fingerprint density at radius 2 is 1.76 bits per heavy atom. The van der Waals surface area contributed by atoms with Gasteiger partial charge in [0.1, 0.15) is 6.54 Å². The highest BCUT2D eigenvalue weighted by Crippen LogP contribution is 2.17. The summed E-state index contributed by atoms with van der Waals surface area (Å²) in [7, 11) is 1.67. The molecule has 0 fully saturated rings. The molecule has 0 spiro atoms. The van der Waals surface area contributed by atoms with Crippen LogP contribution in [-0.2, 0) is 11.2 Å². The molecule has 0 aromatic heterocycles. The topological polar surface area (TPSA) is 60.9 Å². The number of nitrogens with zero attached hydrogens (tertiary/aromatic N) is 2. The fourth-order valence-corrected chi connectivity index (χ4v) is 2.04. The lowest BCUT2D eigenvalue weighted by Crippen LogP contribution is -2.48. The van der Waals surface area contributed by atoms with Crippen molar-refractivity contribution in [2.45, 2.75) is 39.7 Å². The van der Waals surface area contributed by atoms with Crippen molar-refractivity contribution in [2.75, 3.05) is 18.5 Å². The number of carboxylic acid groups (broad SMARTS) is 1. The standard InChI is InChI=1S/C16H24N2O3/c1-5-12(3)18(11-15(19)20)16(21)17(4)14-9-7-13(6-2)8-10-14/h7-10,12H,5-6,11H2,1-4H3,(H,19,20). The summed E-state index contributed by atoms with van der Waals surface area (Å²) in [5.74, 6) is -1.00. The van der Waals surface area contributed by atoms with Crippen LogP contribution in [0.3, 0.4) is 0 Å². The maximum Gasteiger partial charge on any atom is 0.324 e. The molecule has 5 heteroatoms. The van der Waals surface area contributed by atoms with Crippen LogP contribution in [-0.4, -0.2) is 41.6 Å². The van der Waals surface area contributed by atoms with Gasteiger partial charge in [0.05, 0.1) is 0 Å². The first kappa shape index (κ1) is 17.0. The monoisotopic (exact) mass is 292 g/mol. The Kier molecular flexibility index (Phi) is 6.21. The van der Waals surface area contributed by atoms with Gasteiger partial charge in [0.15, 0.2) is 0 Å². The third-order valence-electron chi connectivity index (χ3n) is 3.69. The van der Waals surface area contributed by atoms with Crippen LogP contribution in [0, 0.1) is 0 Å². The molecular formula is C16H24N2O3. The SMILES string of the molecule is CCc1ccc(N(C)C(=O)N(CC(=O)O)C(C)CC)cc1. The van der Waals surface area contributed by atoms with Gasteiger partial charge in [-0.05, 0) is 37.5 Å². The van der Waals surface area contributed by atoms with Crippen LogP contribution in [0.15, 0.2) is 24.3 Å². The number of amides is 2. The Morgan fingerprint density at radius 3 is 2.19 bits per heavy atom. The summed E-state index contributed by atoms with van der Waals surface area (Å²) in [5.41, 5.74) is 1.96. The van der Waals surface area contributed by atoms with E-state index in [0.29, 0.717) is 6.42 Å². The predicted molar refractivity (Wildman–Crippen MR) is 83.7 cm³/mol. The van der Waals surface area contributed by atoms with E-state index in [1.54, 1.807) is 7.05 Å².